The van der Waals surface area contributed by atoms with Crippen LogP contribution in [-0.2, 0) is 11.2 Å². The zero-order valence-corrected chi connectivity index (χ0v) is 9.87. The van der Waals surface area contributed by atoms with Crippen LogP contribution in [-0.4, -0.2) is 41.1 Å². The van der Waals surface area contributed by atoms with Crippen LogP contribution in [0.4, 0.5) is 10.5 Å². The number of carbonyl (C=O) groups excluding carboxylic acids is 1. The van der Waals surface area contributed by atoms with Crippen molar-refractivity contribution in [1.82, 2.24) is 4.90 Å². The number of likely N-dealkylation sites (tertiary alicyclic amines) is 1. The van der Waals surface area contributed by atoms with Crippen LogP contribution in [0.2, 0.25) is 0 Å². The molecule has 1 atom stereocenters. The van der Waals surface area contributed by atoms with E-state index in [1.165, 1.54) is 4.90 Å². The molecule has 1 aromatic rings. The Morgan fingerprint density at radius 2 is 2.00 bits per heavy atom. The maximum absolute atomic E-state index is 12.3. The molecule has 0 unspecified atom stereocenters. The minimum absolute atomic E-state index is 0.182. The molecule has 3 rings (SSSR count). The van der Waals surface area contributed by atoms with E-state index < -0.39 is 12.0 Å². The van der Waals surface area contributed by atoms with Crippen LogP contribution in [0.15, 0.2) is 24.3 Å². The van der Waals surface area contributed by atoms with Gasteiger partial charge in [0.15, 0.2) is 0 Å². The van der Waals surface area contributed by atoms with E-state index in [9.17, 15) is 9.59 Å². The molecule has 1 fully saturated rings. The first kappa shape index (κ1) is 11.1. The highest BCUT2D eigenvalue weighted by atomic mass is 16.4. The second-order valence-corrected chi connectivity index (χ2v) is 4.65. The number of nitrogens with zero attached hydrogens (tertiary/aromatic N) is 2. The van der Waals surface area contributed by atoms with Crippen molar-refractivity contribution in [2.75, 3.05) is 18.0 Å². The molecule has 18 heavy (non-hydrogen) atoms. The first-order valence-corrected chi connectivity index (χ1v) is 6.07. The number of hydrogen-bond donors (Lipinski definition) is 1. The van der Waals surface area contributed by atoms with E-state index in [1.54, 1.807) is 4.90 Å². The summed E-state index contributed by atoms with van der Waals surface area (Å²) in [7, 11) is 0. The van der Waals surface area contributed by atoms with Crippen LogP contribution < -0.4 is 4.90 Å². The van der Waals surface area contributed by atoms with E-state index in [0.717, 1.165) is 17.7 Å². The predicted molar refractivity (Wildman–Crippen MR) is 65.6 cm³/mol. The molecular weight excluding hydrogens is 232 g/mol. The van der Waals surface area contributed by atoms with Gasteiger partial charge in [-0.25, -0.2) is 9.59 Å². The van der Waals surface area contributed by atoms with Gasteiger partial charge in [-0.15, -0.1) is 0 Å². The molecule has 1 N–H and O–H groups in total. The number of anilines is 1. The van der Waals surface area contributed by atoms with Crippen LogP contribution in [0.1, 0.15) is 12.0 Å². The van der Waals surface area contributed by atoms with Gasteiger partial charge < -0.3 is 10.0 Å². The predicted octanol–water partition coefficient (Wildman–Crippen LogP) is 1.33. The Bertz CT molecular complexity index is 515. The lowest BCUT2D eigenvalue weighted by molar-refractivity contribution is -0.145. The third-order valence-electron chi connectivity index (χ3n) is 3.67. The van der Waals surface area contributed by atoms with Crippen molar-refractivity contribution < 1.29 is 14.7 Å². The summed E-state index contributed by atoms with van der Waals surface area (Å²) in [6.45, 7) is 1.18. The van der Waals surface area contributed by atoms with E-state index in [-0.39, 0.29) is 6.03 Å². The highest BCUT2D eigenvalue weighted by molar-refractivity contribution is 5.97. The molecule has 94 valence electrons. The van der Waals surface area contributed by atoms with Crippen LogP contribution in [0.5, 0.6) is 0 Å². The molecule has 0 bridgehead atoms. The Kier molecular flexibility index (Phi) is 2.47. The number of urea groups is 1. The number of para-hydroxylation sites is 1. The van der Waals surface area contributed by atoms with Gasteiger partial charge in [-0.3, -0.25) is 4.90 Å². The average Bonchev–Trinajstić information content (AvgIpc) is 2.70. The number of benzene rings is 1. The summed E-state index contributed by atoms with van der Waals surface area (Å²) < 4.78 is 0. The fraction of sp³-hybridized carbons (Fsp3) is 0.385. The molecule has 0 aliphatic carbocycles. The molecule has 0 aromatic heterocycles. The van der Waals surface area contributed by atoms with E-state index in [2.05, 4.69) is 0 Å². The van der Waals surface area contributed by atoms with Crippen molar-refractivity contribution in [2.24, 2.45) is 0 Å². The lowest BCUT2D eigenvalue weighted by Crippen LogP contribution is -2.58. The van der Waals surface area contributed by atoms with Gasteiger partial charge in [0.25, 0.3) is 0 Å². The number of carbonyl (C=O) groups is 2. The van der Waals surface area contributed by atoms with E-state index >= 15 is 0 Å². The van der Waals surface area contributed by atoms with Crippen molar-refractivity contribution in [3.8, 4) is 0 Å². The van der Waals surface area contributed by atoms with Crippen molar-refractivity contribution >= 4 is 17.7 Å². The fourth-order valence-electron chi connectivity index (χ4n) is 2.57. The molecule has 2 amide bonds. The molecule has 2 heterocycles. The third kappa shape index (κ3) is 1.54. The Morgan fingerprint density at radius 1 is 1.22 bits per heavy atom. The van der Waals surface area contributed by atoms with Gasteiger partial charge in [0.2, 0.25) is 0 Å². The summed E-state index contributed by atoms with van der Waals surface area (Å²) in [4.78, 5) is 26.4. The molecule has 2 aliphatic rings. The monoisotopic (exact) mass is 246 g/mol. The van der Waals surface area contributed by atoms with E-state index in [1.807, 2.05) is 24.3 Å². The van der Waals surface area contributed by atoms with Crippen molar-refractivity contribution in [3.63, 3.8) is 0 Å². The van der Waals surface area contributed by atoms with Gasteiger partial charge >= 0.3 is 12.0 Å². The maximum atomic E-state index is 12.3. The zero-order valence-electron chi connectivity index (χ0n) is 9.87. The lowest BCUT2D eigenvalue weighted by atomic mass is 10.0. The second kappa shape index (κ2) is 4.01. The number of amides is 2. The zero-order chi connectivity index (χ0) is 12.7. The summed E-state index contributed by atoms with van der Waals surface area (Å²) in [5.74, 6) is -0.915. The van der Waals surface area contributed by atoms with Gasteiger partial charge in [-0.1, -0.05) is 18.2 Å². The van der Waals surface area contributed by atoms with Crippen LogP contribution >= 0.6 is 0 Å². The second-order valence-electron chi connectivity index (χ2n) is 4.65. The molecule has 1 saturated heterocycles. The summed E-state index contributed by atoms with van der Waals surface area (Å²) in [6, 6.07) is 6.94. The first-order chi connectivity index (χ1) is 8.68. The van der Waals surface area contributed by atoms with Crippen molar-refractivity contribution in [2.45, 2.75) is 18.9 Å². The molecule has 0 radical (unpaired) electrons. The van der Waals surface area contributed by atoms with Crippen LogP contribution in [0.25, 0.3) is 0 Å². The van der Waals surface area contributed by atoms with E-state index in [4.69, 9.17) is 5.11 Å². The summed E-state index contributed by atoms with van der Waals surface area (Å²) >= 11 is 0. The van der Waals surface area contributed by atoms with Crippen molar-refractivity contribution in [1.29, 1.82) is 0 Å². The lowest BCUT2D eigenvalue weighted by Gasteiger charge is -2.40. The smallest absolute Gasteiger partial charge is 0.326 e. The number of carboxylic acid groups (broad SMARTS) is 1. The summed E-state index contributed by atoms with van der Waals surface area (Å²) in [5.41, 5.74) is 2.07. The Labute approximate surface area is 105 Å². The molecular formula is C13H14N2O3. The van der Waals surface area contributed by atoms with Gasteiger partial charge in [-0.2, -0.15) is 0 Å². The van der Waals surface area contributed by atoms with E-state index in [0.29, 0.717) is 19.5 Å². The van der Waals surface area contributed by atoms with Gasteiger partial charge in [-0.05, 0) is 24.5 Å². The van der Waals surface area contributed by atoms with Gasteiger partial charge in [0, 0.05) is 18.8 Å². The third-order valence-corrected chi connectivity index (χ3v) is 3.67. The summed E-state index contributed by atoms with van der Waals surface area (Å²) in [5, 5.41) is 8.98. The molecule has 5 heteroatoms. The highest BCUT2D eigenvalue weighted by Crippen LogP contribution is 2.30. The SMILES string of the molecule is O=C(O)[C@@H]1CCN1C(=O)N1CCc2ccccc21. The Hall–Kier alpha value is -2.04. The minimum atomic E-state index is -0.915. The number of aliphatic carboxylic acids is 1. The topological polar surface area (TPSA) is 60.9 Å². The van der Waals surface area contributed by atoms with Gasteiger partial charge in [0.05, 0.1) is 0 Å². The minimum Gasteiger partial charge on any atom is -0.480 e. The summed E-state index contributed by atoms with van der Waals surface area (Å²) in [6.07, 6.45) is 1.39. The Balaban J connectivity index is 1.81. The fourth-order valence-corrected chi connectivity index (χ4v) is 2.57. The number of hydrogen-bond acceptors (Lipinski definition) is 2. The van der Waals surface area contributed by atoms with Crippen molar-refractivity contribution in [3.05, 3.63) is 29.8 Å². The number of rotatable bonds is 1. The standard InChI is InChI=1S/C13H14N2O3/c16-12(17)11-6-8-15(11)13(18)14-7-5-9-3-1-2-4-10(9)14/h1-4,11H,5-8H2,(H,16,17)/t11-/m0/s1. The van der Waals surface area contributed by atoms with Crippen LogP contribution in [0.3, 0.4) is 0 Å². The maximum Gasteiger partial charge on any atom is 0.326 e. The molecule has 2 aliphatic heterocycles. The molecule has 0 spiro atoms. The number of fused-ring (bicyclic) bond motifs is 1. The Morgan fingerprint density at radius 3 is 2.67 bits per heavy atom. The first-order valence-electron chi connectivity index (χ1n) is 6.07. The number of carboxylic acids is 1. The largest absolute Gasteiger partial charge is 0.480 e. The molecule has 5 nitrogen and oxygen atoms in total. The molecule has 0 saturated carbocycles. The molecule has 1 aromatic carbocycles. The quantitative estimate of drug-likeness (QED) is 0.813. The average molecular weight is 246 g/mol. The normalized spacial score (nSPS) is 21.4. The highest BCUT2D eigenvalue weighted by Gasteiger charge is 2.41. The van der Waals surface area contributed by atoms with Crippen LogP contribution in [0, 0.1) is 0 Å². The van der Waals surface area contributed by atoms with Gasteiger partial charge in [0.1, 0.15) is 6.04 Å².